The number of hydrogen-bond acceptors (Lipinski definition) is 2. The fourth-order valence-electron chi connectivity index (χ4n) is 1.11. The monoisotopic (exact) mass is 214 g/mol. The zero-order chi connectivity index (χ0) is 12.4. The molecule has 0 aliphatic heterocycles. The molecule has 0 aliphatic rings. The predicted octanol–water partition coefficient (Wildman–Crippen LogP) is 2.01. The van der Waals surface area contributed by atoms with Crippen LogP contribution in [0.5, 0.6) is 0 Å². The molecule has 3 heteroatoms. The molecule has 3 nitrogen and oxygen atoms in total. The van der Waals surface area contributed by atoms with E-state index in [0.717, 1.165) is 6.42 Å². The summed E-state index contributed by atoms with van der Waals surface area (Å²) < 4.78 is 0. The maximum absolute atomic E-state index is 12.1. The maximum atomic E-state index is 12.1. The second kappa shape index (κ2) is 4.52. The Morgan fingerprint density at radius 3 is 1.93 bits per heavy atom. The van der Waals surface area contributed by atoms with Crippen molar-refractivity contribution in [2.45, 2.75) is 59.5 Å². The third kappa shape index (κ3) is 3.49. The minimum absolute atomic E-state index is 0.0225. The van der Waals surface area contributed by atoms with Crippen molar-refractivity contribution in [2.24, 2.45) is 11.1 Å². The number of carbonyl (C=O) groups is 1. The van der Waals surface area contributed by atoms with Gasteiger partial charge in [-0.25, -0.2) is 0 Å². The van der Waals surface area contributed by atoms with Crippen LogP contribution in [0.25, 0.3) is 0 Å². The molecule has 90 valence electrons. The Balaban J connectivity index is 4.74. The van der Waals surface area contributed by atoms with E-state index in [9.17, 15) is 4.79 Å². The van der Waals surface area contributed by atoms with E-state index in [4.69, 9.17) is 5.73 Å². The standard InChI is InChI=1S/C12H26N2O/c1-8-12(5,6)14(7)10(15)9(13)11(2,3)4/h9H,8,13H2,1-7H3/t9-/m1/s1. The Labute approximate surface area is 94.0 Å². The number of nitrogens with zero attached hydrogens (tertiary/aromatic N) is 1. The van der Waals surface area contributed by atoms with Gasteiger partial charge in [0.15, 0.2) is 0 Å². The summed E-state index contributed by atoms with van der Waals surface area (Å²) in [5.74, 6) is 0.0225. The molecule has 15 heavy (non-hydrogen) atoms. The number of rotatable bonds is 3. The zero-order valence-electron chi connectivity index (χ0n) is 11.2. The molecule has 0 aromatic heterocycles. The molecule has 0 aromatic rings. The van der Waals surface area contributed by atoms with Crippen molar-refractivity contribution in [3.63, 3.8) is 0 Å². The van der Waals surface area contributed by atoms with E-state index in [-0.39, 0.29) is 16.9 Å². The lowest BCUT2D eigenvalue weighted by molar-refractivity contribution is -0.138. The van der Waals surface area contributed by atoms with Crippen LogP contribution in [0.15, 0.2) is 0 Å². The van der Waals surface area contributed by atoms with Crippen molar-refractivity contribution >= 4 is 5.91 Å². The first kappa shape index (κ1) is 14.4. The molecule has 0 rings (SSSR count). The van der Waals surface area contributed by atoms with Gasteiger partial charge in [-0.1, -0.05) is 27.7 Å². The third-order valence-corrected chi connectivity index (χ3v) is 3.30. The number of likely N-dealkylation sites (N-methyl/N-ethyl adjacent to an activating group) is 1. The molecular weight excluding hydrogens is 188 g/mol. The van der Waals surface area contributed by atoms with Crippen molar-refractivity contribution in [1.82, 2.24) is 4.90 Å². The van der Waals surface area contributed by atoms with Crippen molar-refractivity contribution in [3.8, 4) is 0 Å². The summed E-state index contributed by atoms with van der Waals surface area (Å²) in [6.45, 7) is 12.2. The van der Waals surface area contributed by atoms with Crippen molar-refractivity contribution < 1.29 is 4.79 Å². The minimum Gasteiger partial charge on any atom is -0.339 e. The molecule has 0 fully saturated rings. The van der Waals surface area contributed by atoms with Crippen LogP contribution >= 0.6 is 0 Å². The Bertz CT molecular complexity index is 228. The highest BCUT2D eigenvalue weighted by molar-refractivity contribution is 5.82. The lowest BCUT2D eigenvalue weighted by Crippen LogP contribution is -2.55. The van der Waals surface area contributed by atoms with E-state index in [1.165, 1.54) is 0 Å². The lowest BCUT2D eigenvalue weighted by atomic mass is 9.85. The van der Waals surface area contributed by atoms with Gasteiger partial charge >= 0.3 is 0 Å². The molecule has 0 spiro atoms. The Kier molecular flexibility index (Phi) is 4.35. The highest BCUT2D eigenvalue weighted by Crippen LogP contribution is 2.23. The minimum atomic E-state index is -0.437. The van der Waals surface area contributed by atoms with E-state index in [1.807, 2.05) is 27.8 Å². The smallest absolute Gasteiger partial charge is 0.240 e. The second-order valence-electron chi connectivity index (χ2n) is 5.91. The molecule has 1 atom stereocenters. The number of hydrogen-bond donors (Lipinski definition) is 1. The molecular formula is C12H26N2O. The third-order valence-electron chi connectivity index (χ3n) is 3.30. The van der Waals surface area contributed by atoms with E-state index in [1.54, 1.807) is 4.90 Å². The number of nitrogens with two attached hydrogens (primary N) is 1. The first-order valence-electron chi connectivity index (χ1n) is 5.57. The van der Waals surface area contributed by atoms with Crippen LogP contribution in [0.1, 0.15) is 48.0 Å². The molecule has 0 bridgehead atoms. The lowest BCUT2D eigenvalue weighted by Gasteiger charge is -2.39. The quantitative estimate of drug-likeness (QED) is 0.781. The van der Waals surface area contributed by atoms with Gasteiger partial charge < -0.3 is 10.6 Å². The SMILES string of the molecule is CCC(C)(C)N(C)C(=O)[C@@H](N)C(C)(C)C. The highest BCUT2D eigenvalue weighted by Gasteiger charge is 2.34. The van der Waals surface area contributed by atoms with Gasteiger partial charge in [-0.3, -0.25) is 4.79 Å². The first-order chi connectivity index (χ1) is 6.54. The number of carbonyl (C=O) groups excluding carboxylic acids is 1. The van der Waals surface area contributed by atoms with Gasteiger partial charge in [0.1, 0.15) is 0 Å². The van der Waals surface area contributed by atoms with Gasteiger partial charge in [-0.15, -0.1) is 0 Å². The summed E-state index contributed by atoms with van der Waals surface area (Å²) in [7, 11) is 1.83. The number of amides is 1. The van der Waals surface area contributed by atoms with Crippen molar-refractivity contribution in [1.29, 1.82) is 0 Å². The normalized spacial score (nSPS) is 14.9. The Morgan fingerprint density at radius 1 is 1.27 bits per heavy atom. The van der Waals surface area contributed by atoms with E-state index in [2.05, 4.69) is 20.8 Å². The molecule has 0 saturated carbocycles. The topological polar surface area (TPSA) is 46.3 Å². The van der Waals surface area contributed by atoms with E-state index >= 15 is 0 Å². The van der Waals surface area contributed by atoms with Crippen LogP contribution in [0.2, 0.25) is 0 Å². The van der Waals surface area contributed by atoms with Crippen LogP contribution in [-0.2, 0) is 4.79 Å². The van der Waals surface area contributed by atoms with Gasteiger partial charge in [0.25, 0.3) is 0 Å². The average Bonchev–Trinajstić information content (AvgIpc) is 2.12. The average molecular weight is 214 g/mol. The van der Waals surface area contributed by atoms with Gasteiger partial charge in [0, 0.05) is 12.6 Å². The summed E-state index contributed by atoms with van der Waals surface area (Å²) in [6.07, 6.45) is 0.923. The van der Waals surface area contributed by atoms with Crippen LogP contribution < -0.4 is 5.73 Å². The second-order valence-corrected chi connectivity index (χ2v) is 5.91. The molecule has 0 aromatic carbocycles. The van der Waals surface area contributed by atoms with E-state index in [0.29, 0.717) is 0 Å². The summed E-state index contributed by atoms with van der Waals surface area (Å²) in [5.41, 5.74) is 5.64. The van der Waals surface area contributed by atoms with Gasteiger partial charge in [0.2, 0.25) is 5.91 Å². The molecule has 2 N–H and O–H groups in total. The molecule has 0 saturated heterocycles. The summed E-state index contributed by atoms with van der Waals surface area (Å²) in [5, 5.41) is 0. The maximum Gasteiger partial charge on any atom is 0.240 e. The van der Waals surface area contributed by atoms with Crippen LogP contribution in [0.3, 0.4) is 0 Å². The fourth-order valence-corrected chi connectivity index (χ4v) is 1.11. The molecule has 0 aliphatic carbocycles. The molecule has 0 radical (unpaired) electrons. The summed E-state index contributed by atoms with van der Waals surface area (Å²) in [4.78, 5) is 13.9. The van der Waals surface area contributed by atoms with E-state index < -0.39 is 6.04 Å². The van der Waals surface area contributed by atoms with Gasteiger partial charge in [0.05, 0.1) is 6.04 Å². The zero-order valence-corrected chi connectivity index (χ0v) is 11.2. The Hall–Kier alpha value is -0.570. The van der Waals surface area contributed by atoms with Crippen LogP contribution in [-0.4, -0.2) is 29.4 Å². The van der Waals surface area contributed by atoms with Crippen molar-refractivity contribution in [3.05, 3.63) is 0 Å². The predicted molar refractivity (Wildman–Crippen MR) is 64.6 cm³/mol. The Morgan fingerprint density at radius 2 is 1.67 bits per heavy atom. The first-order valence-corrected chi connectivity index (χ1v) is 5.57. The molecule has 1 amide bonds. The van der Waals surface area contributed by atoms with Gasteiger partial charge in [-0.05, 0) is 25.7 Å². The van der Waals surface area contributed by atoms with Crippen LogP contribution in [0, 0.1) is 5.41 Å². The van der Waals surface area contributed by atoms with Crippen molar-refractivity contribution in [2.75, 3.05) is 7.05 Å². The van der Waals surface area contributed by atoms with Crippen LogP contribution in [0.4, 0.5) is 0 Å². The summed E-state index contributed by atoms with van der Waals surface area (Å²) in [6, 6.07) is -0.437. The molecule has 0 unspecified atom stereocenters. The largest absolute Gasteiger partial charge is 0.339 e. The molecule has 0 heterocycles. The fraction of sp³-hybridized carbons (Fsp3) is 0.917. The van der Waals surface area contributed by atoms with Gasteiger partial charge in [-0.2, -0.15) is 0 Å². The summed E-state index contributed by atoms with van der Waals surface area (Å²) >= 11 is 0. The highest BCUT2D eigenvalue weighted by atomic mass is 16.2.